The van der Waals surface area contributed by atoms with Crippen LogP contribution in [0.25, 0.3) is 0 Å². The van der Waals surface area contributed by atoms with Gasteiger partial charge in [-0.25, -0.2) is 5.01 Å². The summed E-state index contributed by atoms with van der Waals surface area (Å²) in [5, 5.41) is 10.7. The average molecular weight is 287 g/mol. The molecule has 0 aliphatic carbocycles. The van der Waals surface area contributed by atoms with Crippen LogP contribution in [0.1, 0.15) is 22.3 Å². The minimum atomic E-state index is -0.131. The number of aliphatic hydroxyl groups is 1. The summed E-state index contributed by atoms with van der Waals surface area (Å²) in [5.41, 5.74) is 4.20. The Morgan fingerprint density at radius 3 is 2.71 bits per heavy atom. The third-order valence-corrected chi connectivity index (χ3v) is 3.39. The first kappa shape index (κ1) is 15.5. The Labute approximate surface area is 125 Å². The van der Waals surface area contributed by atoms with Crippen LogP contribution in [0.15, 0.2) is 24.3 Å². The Balaban J connectivity index is 2.04. The lowest BCUT2D eigenvalue weighted by atomic mass is 10.1. The van der Waals surface area contributed by atoms with Gasteiger partial charge in [-0.1, -0.05) is 24.0 Å². The fourth-order valence-corrected chi connectivity index (χ4v) is 2.13. The summed E-state index contributed by atoms with van der Waals surface area (Å²) in [4.78, 5) is 14.6. The summed E-state index contributed by atoms with van der Waals surface area (Å²) in [5.74, 6) is 5.67. The molecule has 0 atom stereocenters. The number of likely N-dealkylation sites (N-methyl/N-ethyl adjacent to an activating group) is 1. The van der Waals surface area contributed by atoms with Gasteiger partial charge in [0, 0.05) is 38.2 Å². The van der Waals surface area contributed by atoms with Crippen molar-refractivity contribution in [3.05, 3.63) is 35.4 Å². The number of hydrogen-bond donors (Lipinski definition) is 2. The second-order valence-corrected chi connectivity index (χ2v) is 5.05. The topological polar surface area (TPSA) is 55.8 Å². The predicted octanol–water partition coefficient (Wildman–Crippen LogP) is 0.313. The Hall–Kier alpha value is -1.87. The van der Waals surface area contributed by atoms with Crippen LogP contribution in [0.3, 0.4) is 0 Å². The van der Waals surface area contributed by atoms with Gasteiger partial charge in [0.25, 0.3) is 5.91 Å². The predicted molar refractivity (Wildman–Crippen MR) is 81.6 cm³/mol. The lowest BCUT2D eigenvalue weighted by molar-refractivity contribution is 0.0662. The molecular weight excluding hydrogens is 266 g/mol. The van der Waals surface area contributed by atoms with E-state index in [0.717, 1.165) is 26.2 Å². The number of amides is 1. The van der Waals surface area contributed by atoms with Gasteiger partial charge in [0.15, 0.2) is 0 Å². The summed E-state index contributed by atoms with van der Waals surface area (Å²) >= 11 is 0. The third kappa shape index (κ3) is 4.57. The van der Waals surface area contributed by atoms with Crippen molar-refractivity contribution in [1.29, 1.82) is 0 Å². The molecule has 5 heteroatoms. The number of benzene rings is 1. The Morgan fingerprint density at radius 1 is 1.29 bits per heavy atom. The van der Waals surface area contributed by atoms with Gasteiger partial charge in [-0.3, -0.25) is 10.2 Å². The maximum absolute atomic E-state index is 12.4. The summed E-state index contributed by atoms with van der Waals surface area (Å²) in [6.45, 7) is 3.56. The number of nitrogens with one attached hydrogen (secondary N) is 1. The molecule has 1 aliphatic rings. The van der Waals surface area contributed by atoms with Gasteiger partial charge in [-0.2, -0.15) is 0 Å². The second kappa shape index (κ2) is 7.79. The molecule has 112 valence electrons. The van der Waals surface area contributed by atoms with E-state index in [0.29, 0.717) is 17.5 Å². The highest BCUT2D eigenvalue weighted by molar-refractivity contribution is 5.96. The van der Waals surface area contributed by atoms with E-state index in [-0.39, 0.29) is 12.5 Å². The highest BCUT2D eigenvalue weighted by atomic mass is 16.2. The van der Waals surface area contributed by atoms with Crippen LogP contribution >= 0.6 is 0 Å². The molecule has 0 unspecified atom stereocenters. The first-order chi connectivity index (χ1) is 10.2. The summed E-state index contributed by atoms with van der Waals surface area (Å²) in [7, 11) is 2.07. The number of rotatable bonds is 3. The smallest absolute Gasteiger partial charge is 0.266 e. The lowest BCUT2D eigenvalue weighted by Gasteiger charge is -2.32. The lowest BCUT2D eigenvalue weighted by Crippen LogP contribution is -2.52. The molecule has 1 aromatic carbocycles. The van der Waals surface area contributed by atoms with E-state index < -0.39 is 0 Å². The SMILES string of the molecule is CN1CCN(NC(=O)c2ccccc2C#CCCO)CC1. The molecule has 0 spiro atoms. The maximum Gasteiger partial charge on any atom is 0.266 e. The minimum Gasteiger partial charge on any atom is -0.395 e. The molecule has 1 heterocycles. The average Bonchev–Trinajstić information content (AvgIpc) is 2.50. The van der Waals surface area contributed by atoms with Crippen molar-refractivity contribution in [2.75, 3.05) is 39.8 Å². The van der Waals surface area contributed by atoms with E-state index in [9.17, 15) is 4.79 Å². The van der Waals surface area contributed by atoms with E-state index in [4.69, 9.17) is 5.11 Å². The first-order valence-corrected chi connectivity index (χ1v) is 7.14. The zero-order valence-electron chi connectivity index (χ0n) is 12.3. The highest BCUT2D eigenvalue weighted by Gasteiger charge is 2.17. The number of nitrogens with zero attached hydrogens (tertiary/aromatic N) is 2. The number of hydrazine groups is 1. The van der Waals surface area contributed by atoms with E-state index in [1.165, 1.54) is 0 Å². The quantitative estimate of drug-likeness (QED) is 0.786. The van der Waals surface area contributed by atoms with Crippen LogP contribution in [0, 0.1) is 11.8 Å². The molecule has 1 aromatic rings. The molecule has 1 saturated heterocycles. The van der Waals surface area contributed by atoms with Crippen LogP contribution in [-0.4, -0.2) is 60.8 Å². The van der Waals surface area contributed by atoms with E-state index >= 15 is 0 Å². The molecule has 2 rings (SSSR count). The zero-order chi connectivity index (χ0) is 15.1. The van der Waals surface area contributed by atoms with E-state index in [1.807, 2.05) is 23.2 Å². The molecule has 0 radical (unpaired) electrons. The van der Waals surface area contributed by atoms with Gasteiger partial charge in [0.1, 0.15) is 0 Å². The number of aliphatic hydroxyl groups excluding tert-OH is 1. The Bertz CT molecular complexity index is 540. The monoisotopic (exact) mass is 287 g/mol. The fourth-order valence-electron chi connectivity index (χ4n) is 2.13. The molecule has 2 N–H and O–H groups in total. The largest absolute Gasteiger partial charge is 0.395 e. The molecule has 1 fully saturated rings. The summed E-state index contributed by atoms with van der Waals surface area (Å²) in [6.07, 6.45) is 0.411. The van der Waals surface area contributed by atoms with Gasteiger partial charge in [0.2, 0.25) is 0 Å². The van der Waals surface area contributed by atoms with Crippen LogP contribution in [0.5, 0.6) is 0 Å². The van der Waals surface area contributed by atoms with Crippen molar-refractivity contribution in [3.63, 3.8) is 0 Å². The molecule has 1 aliphatic heterocycles. The van der Waals surface area contributed by atoms with Gasteiger partial charge in [0.05, 0.1) is 12.2 Å². The molecule has 5 nitrogen and oxygen atoms in total. The van der Waals surface area contributed by atoms with Crippen molar-refractivity contribution in [1.82, 2.24) is 15.3 Å². The summed E-state index contributed by atoms with van der Waals surface area (Å²) in [6, 6.07) is 7.28. The van der Waals surface area contributed by atoms with Crippen molar-refractivity contribution >= 4 is 5.91 Å². The van der Waals surface area contributed by atoms with E-state index in [2.05, 4.69) is 29.2 Å². The molecule has 0 aromatic heterocycles. The normalized spacial score (nSPS) is 16.1. The second-order valence-electron chi connectivity index (χ2n) is 5.05. The van der Waals surface area contributed by atoms with Crippen LogP contribution < -0.4 is 5.43 Å². The van der Waals surface area contributed by atoms with Gasteiger partial charge in [-0.05, 0) is 19.2 Å². The molecule has 0 saturated carbocycles. The van der Waals surface area contributed by atoms with Crippen LogP contribution in [0.2, 0.25) is 0 Å². The molecule has 1 amide bonds. The Kier molecular flexibility index (Phi) is 5.76. The Morgan fingerprint density at radius 2 is 2.00 bits per heavy atom. The minimum absolute atomic E-state index is 0.0304. The van der Waals surface area contributed by atoms with Crippen molar-refractivity contribution in [2.45, 2.75) is 6.42 Å². The van der Waals surface area contributed by atoms with Crippen molar-refractivity contribution in [2.24, 2.45) is 0 Å². The van der Waals surface area contributed by atoms with Gasteiger partial charge < -0.3 is 10.0 Å². The maximum atomic E-state index is 12.4. The van der Waals surface area contributed by atoms with Gasteiger partial charge in [-0.15, -0.1) is 0 Å². The zero-order valence-corrected chi connectivity index (χ0v) is 12.3. The number of piperazine rings is 1. The number of hydrogen-bond acceptors (Lipinski definition) is 4. The van der Waals surface area contributed by atoms with Gasteiger partial charge >= 0.3 is 0 Å². The number of carbonyl (C=O) groups excluding carboxylic acids is 1. The van der Waals surface area contributed by atoms with Crippen LogP contribution in [-0.2, 0) is 0 Å². The summed E-state index contributed by atoms with van der Waals surface area (Å²) < 4.78 is 0. The van der Waals surface area contributed by atoms with Crippen LogP contribution in [0.4, 0.5) is 0 Å². The van der Waals surface area contributed by atoms with E-state index in [1.54, 1.807) is 6.07 Å². The first-order valence-electron chi connectivity index (χ1n) is 7.14. The molecule has 0 bridgehead atoms. The highest BCUT2D eigenvalue weighted by Crippen LogP contribution is 2.08. The standard InChI is InChI=1S/C16H21N3O2/c1-18-9-11-19(12-10-18)17-16(21)15-8-3-2-6-14(15)7-4-5-13-20/h2-3,6,8,20H,5,9-13H2,1H3,(H,17,21). The van der Waals surface area contributed by atoms with Crippen molar-refractivity contribution < 1.29 is 9.90 Å². The third-order valence-electron chi connectivity index (χ3n) is 3.39. The fraction of sp³-hybridized carbons (Fsp3) is 0.438. The molecular formula is C16H21N3O2. The number of carbonyl (C=O) groups is 1. The van der Waals surface area contributed by atoms with Crippen molar-refractivity contribution in [3.8, 4) is 11.8 Å². The molecule has 21 heavy (non-hydrogen) atoms.